The van der Waals surface area contributed by atoms with Gasteiger partial charge in [-0.05, 0) is 43.7 Å². The number of benzene rings is 1. The molecule has 1 N–H and O–H groups in total. The third kappa shape index (κ3) is 4.25. The molecule has 1 aromatic carbocycles. The number of amides is 1. The molecule has 1 unspecified atom stereocenters. The van der Waals surface area contributed by atoms with Gasteiger partial charge >= 0.3 is 6.18 Å². The average molecular weight is 473 g/mol. The molecule has 1 atom stereocenters. The second-order valence-electron chi connectivity index (χ2n) is 7.53. The standard InChI is InChI=1S/C23H18F3N3O3S/c1-12-21(33-13(2)28-12)19(30)17-18(16-8-3-4-9-27-16)29(22(32)20(17)31)11-14-6-5-7-15(10-14)23(24,25)26/h3-10,18,31H,11H2,1-2H3. The van der Waals surface area contributed by atoms with Crippen molar-refractivity contribution in [2.24, 2.45) is 0 Å². The van der Waals surface area contributed by atoms with Crippen LogP contribution in [0.2, 0.25) is 0 Å². The minimum atomic E-state index is -4.55. The fraction of sp³-hybridized carbons (Fsp3) is 0.217. The molecule has 1 aliphatic heterocycles. The highest BCUT2D eigenvalue weighted by Gasteiger charge is 2.45. The number of alkyl halides is 3. The Hall–Kier alpha value is -3.53. The second-order valence-corrected chi connectivity index (χ2v) is 8.73. The number of aliphatic hydroxyl groups excluding tert-OH is 1. The molecule has 1 aliphatic rings. The Bertz CT molecular complexity index is 1270. The lowest BCUT2D eigenvalue weighted by atomic mass is 9.98. The molecule has 1 amide bonds. The van der Waals surface area contributed by atoms with E-state index < -0.39 is 35.2 Å². The van der Waals surface area contributed by atoms with E-state index in [2.05, 4.69) is 9.97 Å². The van der Waals surface area contributed by atoms with Gasteiger partial charge in [-0.2, -0.15) is 13.2 Å². The van der Waals surface area contributed by atoms with Gasteiger partial charge in [-0.1, -0.05) is 18.2 Å². The Morgan fingerprint density at radius 2 is 1.94 bits per heavy atom. The van der Waals surface area contributed by atoms with E-state index in [4.69, 9.17) is 0 Å². The van der Waals surface area contributed by atoms with Gasteiger partial charge in [0.15, 0.2) is 5.76 Å². The molecule has 3 heterocycles. The van der Waals surface area contributed by atoms with Crippen LogP contribution in [-0.4, -0.2) is 31.7 Å². The normalized spacial score (nSPS) is 16.6. The van der Waals surface area contributed by atoms with E-state index in [0.717, 1.165) is 28.4 Å². The largest absolute Gasteiger partial charge is 0.503 e. The molecule has 0 fully saturated rings. The van der Waals surface area contributed by atoms with Gasteiger partial charge in [-0.25, -0.2) is 4.98 Å². The number of thiazole rings is 1. The minimum Gasteiger partial charge on any atom is -0.503 e. The maximum Gasteiger partial charge on any atom is 0.416 e. The molecule has 0 spiro atoms. The number of aromatic nitrogens is 2. The summed E-state index contributed by atoms with van der Waals surface area (Å²) in [5.41, 5.74) is -0.0522. The Morgan fingerprint density at radius 1 is 1.18 bits per heavy atom. The van der Waals surface area contributed by atoms with Gasteiger partial charge in [0.2, 0.25) is 5.78 Å². The molecule has 0 radical (unpaired) electrons. The van der Waals surface area contributed by atoms with Crippen molar-refractivity contribution in [2.45, 2.75) is 32.6 Å². The van der Waals surface area contributed by atoms with Crippen molar-refractivity contribution in [3.05, 3.63) is 92.4 Å². The smallest absolute Gasteiger partial charge is 0.416 e. The zero-order chi connectivity index (χ0) is 23.9. The third-order valence-electron chi connectivity index (χ3n) is 5.23. The van der Waals surface area contributed by atoms with Gasteiger partial charge in [0.25, 0.3) is 5.91 Å². The zero-order valence-electron chi connectivity index (χ0n) is 17.6. The van der Waals surface area contributed by atoms with Crippen LogP contribution in [0.3, 0.4) is 0 Å². The number of nitrogens with zero attached hydrogens (tertiary/aromatic N) is 3. The van der Waals surface area contributed by atoms with Crippen molar-refractivity contribution in [3.63, 3.8) is 0 Å². The predicted molar refractivity (Wildman–Crippen MR) is 115 cm³/mol. The number of carbonyl (C=O) groups excluding carboxylic acids is 2. The predicted octanol–water partition coefficient (Wildman–Crippen LogP) is 4.95. The van der Waals surface area contributed by atoms with Crippen molar-refractivity contribution in [3.8, 4) is 0 Å². The highest BCUT2D eigenvalue weighted by atomic mass is 32.1. The van der Waals surface area contributed by atoms with Crippen LogP contribution in [0.1, 0.15) is 43.2 Å². The number of aliphatic hydroxyl groups is 1. The maximum atomic E-state index is 13.4. The molecule has 0 saturated carbocycles. The third-order valence-corrected chi connectivity index (χ3v) is 6.30. The lowest BCUT2D eigenvalue weighted by Gasteiger charge is -2.26. The molecule has 0 bridgehead atoms. The number of hydrogen-bond donors (Lipinski definition) is 1. The van der Waals surface area contributed by atoms with Gasteiger partial charge in [0.05, 0.1) is 32.4 Å². The highest BCUT2D eigenvalue weighted by Crippen LogP contribution is 2.40. The first kappa shape index (κ1) is 22.7. The van der Waals surface area contributed by atoms with Gasteiger partial charge in [-0.15, -0.1) is 11.3 Å². The Balaban J connectivity index is 1.78. The molecule has 0 aliphatic carbocycles. The fourth-order valence-electron chi connectivity index (χ4n) is 3.80. The van der Waals surface area contributed by atoms with Crippen molar-refractivity contribution in [2.75, 3.05) is 0 Å². The number of Topliss-reactive ketones (excluding diaryl/α,β-unsaturated/α-hetero) is 1. The average Bonchev–Trinajstić information content (AvgIpc) is 3.24. The SMILES string of the molecule is Cc1nc(C)c(C(=O)C2=C(O)C(=O)N(Cc3cccc(C(F)(F)F)c3)C2c2ccccn2)s1. The number of ketones is 1. The summed E-state index contributed by atoms with van der Waals surface area (Å²) >= 11 is 1.14. The van der Waals surface area contributed by atoms with Gasteiger partial charge < -0.3 is 10.0 Å². The number of rotatable bonds is 5. The van der Waals surface area contributed by atoms with Crippen molar-refractivity contribution in [1.29, 1.82) is 0 Å². The Morgan fingerprint density at radius 3 is 2.55 bits per heavy atom. The van der Waals surface area contributed by atoms with Crippen molar-refractivity contribution < 1.29 is 27.9 Å². The maximum absolute atomic E-state index is 13.4. The molecular formula is C23H18F3N3O3S. The van der Waals surface area contributed by atoms with E-state index in [1.165, 1.54) is 18.3 Å². The molecule has 2 aromatic heterocycles. The van der Waals surface area contributed by atoms with Crippen molar-refractivity contribution >= 4 is 23.0 Å². The van der Waals surface area contributed by atoms with Crippen LogP contribution < -0.4 is 0 Å². The molecule has 6 nitrogen and oxygen atoms in total. The molecule has 10 heteroatoms. The summed E-state index contributed by atoms with van der Waals surface area (Å²) < 4.78 is 39.5. The number of halogens is 3. The summed E-state index contributed by atoms with van der Waals surface area (Å²) in [6, 6.07) is 8.41. The van der Waals surface area contributed by atoms with E-state index in [0.29, 0.717) is 16.4 Å². The first-order valence-corrected chi connectivity index (χ1v) is 10.7. The van der Waals surface area contributed by atoms with E-state index in [9.17, 15) is 27.9 Å². The van der Waals surface area contributed by atoms with Crippen LogP contribution >= 0.6 is 11.3 Å². The number of aryl methyl sites for hydroxylation is 2. The van der Waals surface area contributed by atoms with Crippen LogP contribution in [0.15, 0.2) is 60.0 Å². The van der Waals surface area contributed by atoms with E-state index in [-0.39, 0.29) is 22.6 Å². The quantitative estimate of drug-likeness (QED) is 0.530. The molecule has 170 valence electrons. The first-order valence-electron chi connectivity index (χ1n) is 9.88. The van der Waals surface area contributed by atoms with Crippen LogP contribution in [0.4, 0.5) is 13.2 Å². The Labute approximate surface area is 191 Å². The van der Waals surface area contributed by atoms with Crippen LogP contribution in [-0.2, 0) is 17.5 Å². The lowest BCUT2D eigenvalue weighted by Crippen LogP contribution is -2.31. The first-order chi connectivity index (χ1) is 15.6. The van der Waals surface area contributed by atoms with Gasteiger partial charge in [-0.3, -0.25) is 14.6 Å². The Kier molecular flexibility index (Phi) is 5.79. The molecule has 0 saturated heterocycles. The number of pyridine rings is 1. The van der Waals surface area contributed by atoms with Crippen LogP contribution in [0.25, 0.3) is 0 Å². The number of carbonyl (C=O) groups is 2. The monoisotopic (exact) mass is 473 g/mol. The van der Waals surface area contributed by atoms with Crippen LogP contribution in [0, 0.1) is 13.8 Å². The van der Waals surface area contributed by atoms with E-state index in [1.807, 2.05) is 0 Å². The molecule has 33 heavy (non-hydrogen) atoms. The lowest BCUT2D eigenvalue weighted by molar-refractivity contribution is -0.137. The summed E-state index contributed by atoms with van der Waals surface area (Å²) in [6.07, 6.45) is -3.07. The highest BCUT2D eigenvalue weighted by molar-refractivity contribution is 7.14. The van der Waals surface area contributed by atoms with Gasteiger partial charge in [0, 0.05) is 12.7 Å². The van der Waals surface area contributed by atoms with Crippen LogP contribution in [0.5, 0.6) is 0 Å². The summed E-state index contributed by atoms with van der Waals surface area (Å²) in [5.74, 6) is -2.16. The molecule has 3 aromatic rings. The summed E-state index contributed by atoms with van der Waals surface area (Å²) in [4.78, 5) is 36.3. The summed E-state index contributed by atoms with van der Waals surface area (Å²) in [6.45, 7) is 3.13. The zero-order valence-corrected chi connectivity index (χ0v) is 18.4. The molecule has 4 rings (SSSR count). The topological polar surface area (TPSA) is 83.4 Å². The molecular weight excluding hydrogens is 455 g/mol. The fourth-order valence-corrected chi connectivity index (χ4v) is 4.67. The second kappa shape index (κ2) is 8.43. The van der Waals surface area contributed by atoms with Crippen molar-refractivity contribution in [1.82, 2.24) is 14.9 Å². The van der Waals surface area contributed by atoms with Gasteiger partial charge in [0.1, 0.15) is 6.04 Å². The van der Waals surface area contributed by atoms with E-state index >= 15 is 0 Å². The number of hydrogen-bond acceptors (Lipinski definition) is 6. The van der Waals surface area contributed by atoms with E-state index in [1.54, 1.807) is 32.0 Å². The summed E-state index contributed by atoms with van der Waals surface area (Å²) in [7, 11) is 0. The minimum absolute atomic E-state index is 0.169. The summed E-state index contributed by atoms with van der Waals surface area (Å²) in [5, 5.41) is 11.3.